The minimum absolute atomic E-state index is 0.0856. The number of thioether (sulfide) groups is 2. The molecular weight excluding hydrogens is 368 g/mol. The lowest BCUT2D eigenvalue weighted by molar-refractivity contribution is -0.113. The minimum Gasteiger partial charge on any atom is -0.497 e. The van der Waals surface area contributed by atoms with E-state index >= 15 is 0 Å². The van der Waals surface area contributed by atoms with Crippen LogP contribution in [0, 0.1) is 0 Å². The summed E-state index contributed by atoms with van der Waals surface area (Å²) in [7, 11) is 1.63. The summed E-state index contributed by atoms with van der Waals surface area (Å²) in [6, 6.07) is 15.3. The number of carbonyl (C=O) groups is 1. The van der Waals surface area contributed by atoms with Gasteiger partial charge in [0, 0.05) is 16.3 Å². The molecule has 0 aliphatic carbocycles. The smallest absolute Gasteiger partial charge is 0.234 e. The van der Waals surface area contributed by atoms with Crippen LogP contribution in [0.15, 0.2) is 64.9 Å². The Morgan fingerprint density at radius 2 is 2.04 bits per heavy atom. The van der Waals surface area contributed by atoms with E-state index in [4.69, 9.17) is 4.74 Å². The highest BCUT2D eigenvalue weighted by atomic mass is 32.2. The third-order valence-electron chi connectivity index (χ3n) is 3.55. The number of aromatic nitrogens is 3. The van der Waals surface area contributed by atoms with Crippen LogP contribution >= 0.6 is 23.5 Å². The maximum Gasteiger partial charge on any atom is 0.234 e. The average Bonchev–Trinajstić information content (AvgIpc) is 3.15. The first-order chi connectivity index (χ1) is 12.7. The number of hydrogen-bond donors (Lipinski definition) is 1. The van der Waals surface area contributed by atoms with Crippen molar-refractivity contribution in [3.63, 3.8) is 0 Å². The van der Waals surface area contributed by atoms with Gasteiger partial charge in [-0.2, -0.15) is 0 Å². The minimum atomic E-state index is -0.0856. The SMILES string of the molecule is COc1ccc(-n2cnnc2SCC(=O)Nc2cccc(SC)c2)cc1. The molecule has 0 aliphatic rings. The first-order valence-electron chi connectivity index (χ1n) is 7.81. The van der Waals surface area contributed by atoms with Gasteiger partial charge in [0.05, 0.1) is 12.9 Å². The molecule has 2 aromatic carbocycles. The molecule has 0 radical (unpaired) electrons. The summed E-state index contributed by atoms with van der Waals surface area (Å²) < 4.78 is 7.01. The number of carbonyl (C=O) groups excluding carboxylic acids is 1. The quantitative estimate of drug-likeness (QED) is 0.624. The molecular formula is C18H18N4O2S2. The summed E-state index contributed by atoms with van der Waals surface area (Å²) in [5.41, 5.74) is 1.70. The van der Waals surface area contributed by atoms with Gasteiger partial charge in [-0.3, -0.25) is 9.36 Å². The number of rotatable bonds is 7. The van der Waals surface area contributed by atoms with Crippen molar-refractivity contribution in [2.45, 2.75) is 10.1 Å². The first kappa shape index (κ1) is 18.3. The van der Waals surface area contributed by atoms with Crippen molar-refractivity contribution < 1.29 is 9.53 Å². The van der Waals surface area contributed by atoms with E-state index in [1.54, 1.807) is 25.2 Å². The fraction of sp³-hybridized carbons (Fsp3) is 0.167. The number of nitrogens with zero attached hydrogens (tertiary/aromatic N) is 3. The molecule has 0 spiro atoms. The summed E-state index contributed by atoms with van der Waals surface area (Å²) in [5, 5.41) is 11.6. The lowest BCUT2D eigenvalue weighted by atomic mass is 10.3. The third-order valence-corrected chi connectivity index (χ3v) is 5.22. The van der Waals surface area contributed by atoms with Gasteiger partial charge < -0.3 is 10.1 Å². The second kappa shape index (κ2) is 8.77. The normalized spacial score (nSPS) is 10.5. The molecule has 0 fully saturated rings. The molecule has 1 N–H and O–H groups in total. The lowest BCUT2D eigenvalue weighted by Crippen LogP contribution is -2.14. The summed E-state index contributed by atoms with van der Waals surface area (Å²) >= 11 is 2.97. The van der Waals surface area contributed by atoms with Crippen LogP contribution in [-0.2, 0) is 4.79 Å². The Bertz CT molecular complexity index is 881. The largest absolute Gasteiger partial charge is 0.497 e. The molecule has 134 valence electrons. The lowest BCUT2D eigenvalue weighted by Gasteiger charge is -2.08. The summed E-state index contributed by atoms with van der Waals surface area (Å²) in [6.45, 7) is 0. The third kappa shape index (κ3) is 4.59. The second-order valence-corrected chi connectivity index (χ2v) is 7.07. The molecule has 0 saturated carbocycles. The Kier molecular flexibility index (Phi) is 6.19. The van der Waals surface area contributed by atoms with Gasteiger partial charge in [0.25, 0.3) is 0 Å². The van der Waals surface area contributed by atoms with Crippen LogP contribution in [0.25, 0.3) is 5.69 Å². The number of benzene rings is 2. The second-order valence-electron chi connectivity index (χ2n) is 5.25. The Morgan fingerprint density at radius 3 is 2.77 bits per heavy atom. The molecule has 0 saturated heterocycles. The Balaban J connectivity index is 1.63. The zero-order chi connectivity index (χ0) is 18.4. The van der Waals surface area contributed by atoms with Gasteiger partial charge in [-0.15, -0.1) is 22.0 Å². The molecule has 0 atom stereocenters. The van der Waals surface area contributed by atoms with Crippen molar-refractivity contribution in [3.8, 4) is 11.4 Å². The maximum absolute atomic E-state index is 12.2. The van der Waals surface area contributed by atoms with E-state index in [0.717, 1.165) is 22.0 Å². The van der Waals surface area contributed by atoms with E-state index < -0.39 is 0 Å². The zero-order valence-corrected chi connectivity index (χ0v) is 16.0. The Hall–Kier alpha value is -2.45. The first-order valence-corrected chi connectivity index (χ1v) is 10.0. The molecule has 0 aliphatic heterocycles. The molecule has 0 bridgehead atoms. The van der Waals surface area contributed by atoms with Crippen LogP contribution in [0.3, 0.4) is 0 Å². The van der Waals surface area contributed by atoms with Gasteiger partial charge in [0.15, 0.2) is 5.16 Å². The van der Waals surface area contributed by atoms with Crippen LogP contribution in [0.2, 0.25) is 0 Å². The van der Waals surface area contributed by atoms with E-state index in [2.05, 4.69) is 15.5 Å². The Labute approximate surface area is 160 Å². The zero-order valence-electron chi connectivity index (χ0n) is 14.4. The number of ether oxygens (including phenoxy) is 1. The Morgan fingerprint density at radius 1 is 1.23 bits per heavy atom. The average molecular weight is 387 g/mol. The van der Waals surface area contributed by atoms with Crippen molar-refractivity contribution >= 4 is 35.1 Å². The van der Waals surface area contributed by atoms with Crippen molar-refractivity contribution in [2.75, 3.05) is 24.4 Å². The molecule has 6 nitrogen and oxygen atoms in total. The molecule has 1 aromatic heterocycles. The van der Waals surface area contributed by atoms with Gasteiger partial charge in [-0.1, -0.05) is 17.8 Å². The standard InChI is InChI=1S/C18H18N4O2S2/c1-24-15-8-6-14(7-9-15)22-12-19-21-18(22)26-11-17(23)20-13-4-3-5-16(10-13)25-2/h3-10,12H,11H2,1-2H3,(H,20,23). The monoisotopic (exact) mass is 386 g/mol. The summed E-state index contributed by atoms with van der Waals surface area (Å²) in [5.74, 6) is 0.943. The van der Waals surface area contributed by atoms with Gasteiger partial charge in [-0.25, -0.2) is 0 Å². The highest BCUT2D eigenvalue weighted by Gasteiger charge is 2.11. The predicted molar refractivity (Wildman–Crippen MR) is 105 cm³/mol. The van der Waals surface area contributed by atoms with Gasteiger partial charge in [0.2, 0.25) is 5.91 Å². The van der Waals surface area contributed by atoms with E-state index in [1.165, 1.54) is 11.8 Å². The van der Waals surface area contributed by atoms with E-state index in [9.17, 15) is 4.79 Å². The molecule has 1 amide bonds. The predicted octanol–water partition coefficient (Wildman–Crippen LogP) is 3.73. The van der Waals surface area contributed by atoms with Gasteiger partial charge >= 0.3 is 0 Å². The van der Waals surface area contributed by atoms with Crippen molar-refractivity contribution in [2.24, 2.45) is 0 Å². The number of anilines is 1. The van der Waals surface area contributed by atoms with E-state index in [1.807, 2.05) is 59.4 Å². The molecule has 3 aromatic rings. The van der Waals surface area contributed by atoms with Crippen molar-refractivity contribution in [1.82, 2.24) is 14.8 Å². The van der Waals surface area contributed by atoms with E-state index in [0.29, 0.717) is 5.16 Å². The number of amides is 1. The molecule has 26 heavy (non-hydrogen) atoms. The topological polar surface area (TPSA) is 69.0 Å². The molecule has 1 heterocycles. The van der Waals surface area contributed by atoms with Gasteiger partial charge in [-0.05, 0) is 48.7 Å². The van der Waals surface area contributed by atoms with Crippen LogP contribution in [0.1, 0.15) is 0 Å². The highest BCUT2D eigenvalue weighted by molar-refractivity contribution is 7.99. The highest BCUT2D eigenvalue weighted by Crippen LogP contribution is 2.22. The fourth-order valence-corrected chi connectivity index (χ4v) is 3.46. The molecule has 0 unspecified atom stereocenters. The maximum atomic E-state index is 12.2. The fourth-order valence-electron chi connectivity index (χ4n) is 2.27. The van der Waals surface area contributed by atoms with Crippen LogP contribution in [-0.4, -0.2) is 39.8 Å². The van der Waals surface area contributed by atoms with E-state index in [-0.39, 0.29) is 11.7 Å². The summed E-state index contributed by atoms with van der Waals surface area (Å²) in [4.78, 5) is 13.3. The number of nitrogens with one attached hydrogen (secondary N) is 1. The van der Waals surface area contributed by atoms with Crippen LogP contribution in [0.5, 0.6) is 5.75 Å². The van der Waals surface area contributed by atoms with Crippen LogP contribution < -0.4 is 10.1 Å². The van der Waals surface area contributed by atoms with Crippen molar-refractivity contribution in [3.05, 3.63) is 54.9 Å². The molecule has 3 rings (SSSR count). The van der Waals surface area contributed by atoms with Crippen LogP contribution in [0.4, 0.5) is 5.69 Å². The van der Waals surface area contributed by atoms with Gasteiger partial charge in [0.1, 0.15) is 12.1 Å². The summed E-state index contributed by atoms with van der Waals surface area (Å²) in [6.07, 6.45) is 3.63. The van der Waals surface area contributed by atoms with Crippen molar-refractivity contribution in [1.29, 1.82) is 0 Å². The number of hydrogen-bond acceptors (Lipinski definition) is 6. The number of methoxy groups -OCH3 is 1. The molecule has 8 heteroatoms.